The maximum absolute atomic E-state index is 14.4. The van der Waals surface area contributed by atoms with Gasteiger partial charge in [0.15, 0.2) is 5.43 Å². The van der Waals surface area contributed by atoms with E-state index in [2.05, 4.69) is 0 Å². The van der Waals surface area contributed by atoms with Gasteiger partial charge < -0.3 is 4.57 Å². The van der Waals surface area contributed by atoms with Crippen molar-refractivity contribution in [2.24, 2.45) is 7.05 Å². The average molecular weight is 329 g/mol. The molecule has 0 bridgehead atoms. The van der Waals surface area contributed by atoms with E-state index in [0.717, 1.165) is 0 Å². The normalized spacial score (nSPS) is 10.9. The lowest BCUT2D eigenvalue weighted by Crippen LogP contribution is -2.14. The molecule has 0 aliphatic heterocycles. The second kappa shape index (κ2) is 6.00. The first kappa shape index (κ1) is 16.1. The van der Waals surface area contributed by atoms with E-state index in [9.17, 15) is 18.0 Å². The Hall–Kier alpha value is -2.82. The number of nitrogens with zero attached hydrogens (tertiary/aromatic N) is 1. The van der Waals surface area contributed by atoms with E-state index in [0.29, 0.717) is 17.2 Å². The van der Waals surface area contributed by atoms with Crippen molar-refractivity contribution >= 4 is 0 Å². The second-order valence-corrected chi connectivity index (χ2v) is 5.60. The second-order valence-electron chi connectivity index (χ2n) is 5.60. The highest BCUT2D eigenvalue weighted by Crippen LogP contribution is 2.29. The Bertz CT molecular complexity index is 978. The van der Waals surface area contributed by atoms with Crippen LogP contribution in [0, 0.1) is 24.4 Å². The first-order valence-electron chi connectivity index (χ1n) is 7.30. The molecule has 0 aliphatic rings. The maximum atomic E-state index is 14.4. The van der Waals surface area contributed by atoms with Crippen LogP contribution in [0.1, 0.15) is 5.56 Å². The van der Waals surface area contributed by atoms with Crippen molar-refractivity contribution in [1.29, 1.82) is 0 Å². The first-order valence-corrected chi connectivity index (χ1v) is 7.30. The summed E-state index contributed by atoms with van der Waals surface area (Å²) in [5.74, 6) is -3.14. The molecule has 0 unspecified atom stereocenters. The molecule has 2 aromatic carbocycles. The van der Waals surface area contributed by atoms with Crippen LogP contribution in [0.25, 0.3) is 22.3 Å². The fraction of sp³-hybridized carbons (Fsp3) is 0.105. The number of rotatable bonds is 2. The zero-order valence-corrected chi connectivity index (χ0v) is 13.1. The van der Waals surface area contributed by atoms with Crippen LogP contribution in [0.4, 0.5) is 13.2 Å². The molecule has 0 radical (unpaired) electrons. The van der Waals surface area contributed by atoms with E-state index in [1.165, 1.54) is 13.1 Å². The predicted molar refractivity (Wildman–Crippen MR) is 87.2 cm³/mol. The molecule has 0 saturated carbocycles. The lowest BCUT2D eigenvalue weighted by Gasteiger charge is -2.12. The smallest absolute Gasteiger partial charge is 0.197 e. The molecule has 0 amide bonds. The van der Waals surface area contributed by atoms with Crippen molar-refractivity contribution in [3.63, 3.8) is 0 Å². The molecule has 3 aromatic rings. The van der Waals surface area contributed by atoms with Crippen molar-refractivity contribution in [1.82, 2.24) is 4.57 Å². The van der Waals surface area contributed by atoms with Gasteiger partial charge >= 0.3 is 0 Å². The van der Waals surface area contributed by atoms with Crippen LogP contribution in [0.2, 0.25) is 0 Å². The Labute approximate surface area is 136 Å². The Morgan fingerprint density at radius 3 is 2.21 bits per heavy atom. The number of hydrogen-bond acceptors (Lipinski definition) is 1. The van der Waals surface area contributed by atoms with Gasteiger partial charge in [0.1, 0.15) is 17.5 Å². The van der Waals surface area contributed by atoms with Crippen LogP contribution in [0.3, 0.4) is 0 Å². The minimum atomic E-state index is -1.10. The summed E-state index contributed by atoms with van der Waals surface area (Å²) in [5.41, 5.74) is -0.526. The van der Waals surface area contributed by atoms with Gasteiger partial charge in [0.05, 0.1) is 11.1 Å². The SMILES string of the molecule is Cc1c(F)cc(F)c(-c2cn(C)cc(-c3ccccc3)c2=O)c1F. The van der Waals surface area contributed by atoms with E-state index < -0.39 is 28.4 Å². The molecular weight excluding hydrogens is 315 g/mol. The predicted octanol–water partition coefficient (Wildman–Crippen LogP) is 4.45. The molecule has 3 rings (SSSR count). The monoisotopic (exact) mass is 329 g/mol. The maximum Gasteiger partial charge on any atom is 0.197 e. The third-order valence-electron chi connectivity index (χ3n) is 3.91. The number of halogens is 3. The van der Waals surface area contributed by atoms with Crippen LogP contribution in [-0.2, 0) is 7.05 Å². The Kier molecular flexibility index (Phi) is 4.01. The molecule has 2 nitrogen and oxygen atoms in total. The fourth-order valence-electron chi connectivity index (χ4n) is 2.64. The van der Waals surface area contributed by atoms with E-state index >= 15 is 0 Å². The standard InChI is InChI=1S/C19H14F3NO/c1-11-15(20)8-16(21)17(18(11)22)14-10-23(2)9-13(19(14)24)12-6-4-3-5-7-12/h3-10H,1-2H3. The average Bonchev–Trinajstić information content (AvgIpc) is 2.56. The zero-order chi connectivity index (χ0) is 17.4. The topological polar surface area (TPSA) is 22.0 Å². The quantitative estimate of drug-likeness (QED) is 0.681. The van der Waals surface area contributed by atoms with Crippen LogP contribution in [0.5, 0.6) is 0 Å². The highest BCUT2D eigenvalue weighted by molar-refractivity contribution is 5.72. The summed E-state index contributed by atoms with van der Waals surface area (Å²) >= 11 is 0. The molecule has 0 N–H and O–H groups in total. The lowest BCUT2D eigenvalue weighted by molar-refractivity contribution is 0.536. The molecular formula is C19H14F3NO. The van der Waals surface area contributed by atoms with Crippen molar-refractivity contribution in [3.8, 4) is 22.3 Å². The zero-order valence-electron chi connectivity index (χ0n) is 13.1. The molecule has 0 aliphatic carbocycles. The van der Waals surface area contributed by atoms with Gasteiger partial charge in [-0.05, 0) is 12.5 Å². The minimum Gasteiger partial charge on any atom is -0.356 e. The molecule has 0 saturated heterocycles. The summed E-state index contributed by atoms with van der Waals surface area (Å²) < 4.78 is 43.7. The van der Waals surface area contributed by atoms with Gasteiger partial charge in [0, 0.05) is 36.6 Å². The van der Waals surface area contributed by atoms with Crippen molar-refractivity contribution < 1.29 is 13.2 Å². The lowest BCUT2D eigenvalue weighted by atomic mass is 9.98. The number of aryl methyl sites for hydroxylation is 1. The molecule has 1 aromatic heterocycles. The van der Waals surface area contributed by atoms with Gasteiger partial charge in [-0.2, -0.15) is 0 Å². The number of benzene rings is 2. The van der Waals surface area contributed by atoms with Gasteiger partial charge in [-0.25, -0.2) is 13.2 Å². The number of hydrogen-bond donors (Lipinski definition) is 0. The molecule has 0 spiro atoms. The summed E-state index contributed by atoms with van der Waals surface area (Å²) in [4.78, 5) is 12.8. The molecule has 122 valence electrons. The van der Waals surface area contributed by atoms with Gasteiger partial charge in [-0.1, -0.05) is 30.3 Å². The number of pyridine rings is 1. The fourth-order valence-corrected chi connectivity index (χ4v) is 2.64. The third kappa shape index (κ3) is 2.62. The minimum absolute atomic E-state index is 0.142. The van der Waals surface area contributed by atoms with Gasteiger partial charge in [0.25, 0.3) is 0 Å². The van der Waals surface area contributed by atoms with Crippen molar-refractivity contribution in [3.05, 3.63) is 82.0 Å². The Morgan fingerprint density at radius 1 is 0.917 bits per heavy atom. The molecule has 0 atom stereocenters. The summed E-state index contributed by atoms with van der Waals surface area (Å²) in [6.07, 6.45) is 2.93. The van der Waals surface area contributed by atoms with E-state index in [1.807, 2.05) is 0 Å². The van der Waals surface area contributed by atoms with Gasteiger partial charge in [-0.15, -0.1) is 0 Å². The largest absolute Gasteiger partial charge is 0.356 e. The van der Waals surface area contributed by atoms with E-state index in [-0.39, 0.29) is 11.1 Å². The van der Waals surface area contributed by atoms with Crippen molar-refractivity contribution in [2.75, 3.05) is 0 Å². The van der Waals surface area contributed by atoms with Crippen molar-refractivity contribution in [2.45, 2.75) is 6.92 Å². The summed E-state index contributed by atoms with van der Waals surface area (Å²) in [7, 11) is 1.65. The summed E-state index contributed by atoms with van der Waals surface area (Å²) in [5, 5.41) is 0. The van der Waals surface area contributed by atoms with Gasteiger partial charge in [0.2, 0.25) is 0 Å². The van der Waals surface area contributed by atoms with E-state index in [4.69, 9.17) is 0 Å². The first-order chi connectivity index (χ1) is 11.4. The summed E-state index contributed by atoms with van der Waals surface area (Å²) in [6.45, 7) is 1.21. The highest BCUT2D eigenvalue weighted by Gasteiger charge is 2.21. The summed E-state index contributed by atoms with van der Waals surface area (Å²) in [6, 6.07) is 9.42. The van der Waals surface area contributed by atoms with E-state index in [1.54, 1.807) is 48.1 Å². The van der Waals surface area contributed by atoms with Crippen LogP contribution in [-0.4, -0.2) is 4.57 Å². The van der Waals surface area contributed by atoms with Crippen LogP contribution >= 0.6 is 0 Å². The Morgan fingerprint density at radius 2 is 1.54 bits per heavy atom. The number of aromatic nitrogens is 1. The molecule has 1 heterocycles. The highest BCUT2D eigenvalue weighted by atomic mass is 19.1. The molecule has 5 heteroatoms. The molecule has 0 fully saturated rings. The third-order valence-corrected chi connectivity index (χ3v) is 3.91. The van der Waals surface area contributed by atoms with Crippen LogP contribution in [0.15, 0.2) is 53.6 Å². The Balaban J connectivity index is 2.34. The van der Waals surface area contributed by atoms with Gasteiger partial charge in [-0.3, -0.25) is 4.79 Å². The van der Waals surface area contributed by atoms with Crippen LogP contribution < -0.4 is 5.43 Å². The molecule has 24 heavy (non-hydrogen) atoms.